The zero-order chi connectivity index (χ0) is 20.4. The highest BCUT2D eigenvalue weighted by Gasteiger charge is 2.10. The molecule has 1 amide bonds. The van der Waals surface area contributed by atoms with E-state index in [1.807, 2.05) is 0 Å². The van der Waals surface area contributed by atoms with E-state index >= 15 is 0 Å². The number of para-hydroxylation sites is 1. The molecule has 2 aromatic carbocycles. The van der Waals surface area contributed by atoms with Gasteiger partial charge in [-0.15, -0.1) is 0 Å². The lowest BCUT2D eigenvalue weighted by atomic mass is 10.1. The Labute approximate surface area is 163 Å². The van der Waals surface area contributed by atoms with Gasteiger partial charge in [-0.25, -0.2) is 4.79 Å². The van der Waals surface area contributed by atoms with Crippen LogP contribution in [-0.4, -0.2) is 42.3 Å². The number of carboxylic acid groups (broad SMARTS) is 1. The first-order valence-electron chi connectivity index (χ1n) is 8.90. The molecular weight excluding hydrogens is 360 g/mol. The third-order valence-corrected chi connectivity index (χ3v) is 4.00. The molecular formula is C21H24N2O5. The van der Waals surface area contributed by atoms with Crippen molar-refractivity contribution in [3.05, 3.63) is 59.7 Å². The Bertz CT molecular complexity index is 837. The zero-order valence-electron chi connectivity index (χ0n) is 15.6. The predicted molar refractivity (Wildman–Crippen MR) is 108 cm³/mol. The average Bonchev–Trinajstić information content (AvgIpc) is 3.27. The Kier molecular flexibility index (Phi) is 8.05. The van der Waals surface area contributed by atoms with E-state index in [1.165, 1.54) is 63.4 Å². The molecule has 0 atom stereocenters. The second-order valence-electron chi connectivity index (χ2n) is 6.06. The number of aromatic hydroxyl groups is 1. The quantitative estimate of drug-likeness (QED) is 0.590. The van der Waals surface area contributed by atoms with Gasteiger partial charge in [0.05, 0.1) is 18.4 Å². The van der Waals surface area contributed by atoms with E-state index in [4.69, 9.17) is 9.84 Å². The number of ether oxygens (including phenoxy) is 1. The molecule has 1 heterocycles. The fourth-order valence-corrected chi connectivity index (χ4v) is 2.56. The number of rotatable bonds is 5. The third-order valence-electron chi connectivity index (χ3n) is 4.00. The van der Waals surface area contributed by atoms with Crippen LogP contribution in [0.25, 0.3) is 6.08 Å². The molecule has 148 valence electrons. The van der Waals surface area contributed by atoms with Gasteiger partial charge in [0.2, 0.25) is 5.91 Å². The standard InChI is InChI=1S/C17H15NO5.C4H9N/c1-23-15-8-6-11(10-14(15)19)7-9-16(20)18-13-5-3-2-4-12(13)17(21)22;1-2-4-5-3-1/h2-10,19H,1H3,(H,18,20)(H,21,22);5H,1-4H2. The highest BCUT2D eigenvalue weighted by atomic mass is 16.5. The van der Waals surface area contributed by atoms with Gasteiger partial charge in [-0.1, -0.05) is 18.2 Å². The smallest absolute Gasteiger partial charge is 0.337 e. The number of methoxy groups -OCH3 is 1. The predicted octanol–water partition coefficient (Wildman–Crippen LogP) is 3.12. The maximum absolute atomic E-state index is 11.9. The fraction of sp³-hybridized carbons (Fsp3) is 0.238. The maximum Gasteiger partial charge on any atom is 0.337 e. The molecule has 0 aromatic heterocycles. The normalized spacial score (nSPS) is 12.9. The monoisotopic (exact) mass is 384 g/mol. The van der Waals surface area contributed by atoms with E-state index < -0.39 is 11.9 Å². The van der Waals surface area contributed by atoms with Crippen LogP contribution in [0.4, 0.5) is 5.69 Å². The summed E-state index contributed by atoms with van der Waals surface area (Å²) in [5.41, 5.74) is 0.827. The lowest BCUT2D eigenvalue weighted by Gasteiger charge is -2.06. The largest absolute Gasteiger partial charge is 0.504 e. The molecule has 7 heteroatoms. The van der Waals surface area contributed by atoms with Crippen molar-refractivity contribution in [1.82, 2.24) is 5.32 Å². The van der Waals surface area contributed by atoms with Gasteiger partial charge in [-0.3, -0.25) is 4.79 Å². The molecule has 0 aliphatic carbocycles. The van der Waals surface area contributed by atoms with Crippen LogP contribution >= 0.6 is 0 Å². The topological polar surface area (TPSA) is 108 Å². The highest BCUT2D eigenvalue weighted by Crippen LogP contribution is 2.26. The Morgan fingerprint density at radius 1 is 1.14 bits per heavy atom. The first-order chi connectivity index (χ1) is 13.5. The molecule has 7 nitrogen and oxygen atoms in total. The van der Waals surface area contributed by atoms with Crippen molar-refractivity contribution < 1.29 is 24.5 Å². The van der Waals surface area contributed by atoms with E-state index in [-0.39, 0.29) is 17.0 Å². The zero-order valence-corrected chi connectivity index (χ0v) is 15.6. The maximum atomic E-state index is 11.9. The summed E-state index contributed by atoms with van der Waals surface area (Å²) in [6.07, 6.45) is 5.53. The highest BCUT2D eigenvalue weighted by molar-refractivity contribution is 6.06. The first-order valence-corrected chi connectivity index (χ1v) is 8.90. The van der Waals surface area contributed by atoms with Gasteiger partial charge in [0.25, 0.3) is 0 Å². The Balaban J connectivity index is 0.000000485. The SMILES string of the molecule is C1CCNC1.COc1ccc(C=CC(=O)Nc2ccccc2C(=O)O)cc1O. The molecule has 0 radical (unpaired) electrons. The van der Waals surface area contributed by atoms with E-state index in [0.29, 0.717) is 11.3 Å². The summed E-state index contributed by atoms with van der Waals surface area (Å²) in [5.74, 6) is -1.30. The number of benzene rings is 2. The minimum Gasteiger partial charge on any atom is -0.504 e. The number of nitrogens with one attached hydrogen (secondary N) is 2. The van der Waals surface area contributed by atoms with Crippen LogP contribution in [0.15, 0.2) is 48.5 Å². The van der Waals surface area contributed by atoms with Crippen molar-refractivity contribution >= 4 is 23.6 Å². The molecule has 28 heavy (non-hydrogen) atoms. The van der Waals surface area contributed by atoms with Gasteiger partial charge in [-0.2, -0.15) is 0 Å². The number of carbonyl (C=O) groups is 2. The molecule has 1 saturated heterocycles. The molecule has 1 aliphatic rings. The van der Waals surface area contributed by atoms with Crippen LogP contribution in [0.3, 0.4) is 0 Å². The minimum absolute atomic E-state index is 0.0105. The van der Waals surface area contributed by atoms with E-state index in [9.17, 15) is 14.7 Å². The number of aromatic carboxylic acids is 1. The van der Waals surface area contributed by atoms with Crippen LogP contribution in [0.2, 0.25) is 0 Å². The van der Waals surface area contributed by atoms with E-state index in [2.05, 4.69) is 10.6 Å². The van der Waals surface area contributed by atoms with Crippen LogP contribution in [-0.2, 0) is 4.79 Å². The summed E-state index contributed by atoms with van der Waals surface area (Å²) in [4.78, 5) is 23.0. The van der Waals surface area contributed by atoms with Crippen LogP contribution in [0, 0.1) is 0 Å². The summed E-state index contributed by atoms with van der Waals surface area (Å²) >= 11 is 0. The summed E-state index contributed by atoms with van der Waals surface area (Å²) in [6.45, 7) is 2.50. The average molecular weight is 384 g/mol. The van der Waals surface area contributed by atoms with Gasteiger partial charge < -0.3 is 25.6 Å². The van der Waals surface area contributed by atoms with Crippen molar-refractivity contribution in [1.29, 1.82) is 0 Å². The van der Waals surface area contributed by atoms with Crippen molar-refractivity contribution in [2.45, 2.75) is 12.8 Å². The first kappa shape index (κ1) is 21.0. The Hall–Kier alpha value is -3.32. The van der Waals surface area contributed by atoms with E-state index in [1.54, 1.807) is 24.3 Å². The number of hydrogen-bond acceptors (Lipinski definition) is 5. The molecule has 1 aliphatic heterocycles. The molecule has 0 unspecified atom stereocenters. The van der Waals surface area contributed by atoms with Crippen molar-refractivity contribution in [3.63, 3.8) is 0 Å². The molecule has 1 fully saturated rings. The molecule has 4 N–H and O–H groups in total. The second-order valence-corrected chi connectivity index (χ2v) is 6.06. The van der Waals surface area contributed by atoms with Gasteiger partial charge in [-0.05, 0) is 61.8 Å². The third kappa shape index (κ3) is 6.44. The van der Waals surface area contributed by atoms with Crippen molar-refractivity contribution in [2.24, 2.45) is 0 Å². The van der Waals surface area contributed by atoms with Crippen LogP contribution in [0.5, 0.6) is 11.5 Å². The minimum atomic E-state index is -1.12. The lowest BCUT2D eigenvalue weighted by molar-refractivity contribution is -0.111. The molecule has 0 bridgehead atoms. The number of phenols is 1. The summed E-state index contributed by atoms with van der Waals surface area (Å²) in [5, 5.41) is 24.4. The Morgan fingerprint density at radius 2 is 1.86 bits per heavy atom. The molecule has 2 aromatic rings. The van der Waals surface area contributed by atoms with Gasteiger partial charge in [0, 0.05) is 6.08 Å². The summed E-state index contributed by atoms with van der Waals surface area (Å²) in [7, 11) is 1.44. The van der Waals surface area contributed by atoms with Gasteiger partial charge in [0.15, 0.2) is 11.5 Å². The number of hydrogen-bond donors (Lipinski definition) is 4. The number of phenolic OH excluding ortho intramolecular Hbond substituents is 1. The van der Waals surface area contributed by atoms with Crippen LogP contribution < -0.4 is 15.4 Å². The summed E-state index contributed by atoms with van der Waals surface area (Å²) in [6, 6.07) is 10.8. The molecule has 0 spiro atoms. The number of carboxylic acids is 1. The fourth-order valence-electron chi connectivity index (χ4n) is 2.56. The van der Waals surface area contributed by atoms with Crippen molar-refractivity contribution in [2.75, 3.05) is 25.5 Å². The summed E-state index contributed by atoms with van der Waals surface area (Å²) < 4.78 is 4.93. The number of anilines is 1. The number of carbonyl (C=O) groups excluding carboxylic acids is 1. The molecule has 0 saturated carbocycles. The number of amides is 1. The van der Waals surface area contributed by atoms with Gasteiger partial charge >= 0.3 is 5.97 Å². The second kappa shape index (κ2) is 10.7. The Morgan fingerprint density at radius 3 is 2.43 bits per heavy atom. The lowest BCUT2D eigenvalue weighted by Crippen LogP contribution is -2.11. The van der Waals surface area contributed by atoms with Crippen molar-refractivity contribution in [3.8, 4) is 11.5 Å². The molecule has 3 rings (SSSR count). The van der Waals surface area contributed by atoms with Gasteiger partial charge in [0.1, 0.15) is 0 Å². The van der Waals surface area contributed by atoms with Crippen LogP contribution in [0.1, 0.15) is 28.8 Å². The van der Waals surface area contributed by atoms with E-state index in [0.717, 1.165) is 0 Å².